The standard InChI is InChI=1S/C18H14BrFO/c1-11-6-7-15(16(19)10-11)18(21)14-8-9-17(20)13-5-3-2-4-12(13)14/h2-10,18,21H,1H3. The molecule has 3 aromatic rings. The Bertz CT molecular complexity index is 813. The van der Waals surface area contributed by atoms with Gasteiger partial charge >= 0.3 is 0 Å². The Kier molecular flexibility index (Phi) is 3.79. The Morgan fingerprint density at radius 2 is 1.62 bits per heavy atom. The third-order valence-corrected chi connectivity index (χ3v) is 4.34. The SMILES string of the molecule is Cc1ccc(C(O)c2ccc(F)c3ccccc23)c(Br)c1. The maximum Gasteiger partial charge on any atom is 0.131 e. The first-order valence-electron chi connectivity index (χ1n) is 6.69. The van der Waals surface area contributed by atoms with Crippen molar-refractivity contribution in [1.82, 2.24) is 0 Å². The lowest BCUT2D eigenvalue weighted by atomic mass is 9.95. The third-order valence-electron chi connectivity index (χ3n) is 3.65. The van der Waals surface area contributed by atoms with E-state index in [9.17, 15) is 9.50 Å². The van der Waals surface area contributed by atoms with Crippen molar-refractivity contribution in [3.8, 4) is 0 Å². The van der Waals surface area contributed by atoms with E-state index in [0.29, 0.717) is 10.9 Å². The molecule has 3 aromatic carbocycles. The van der Waals surface area contributed by atoms with Crippen molar-refractivity contribution < 1.29 is 9.50 Å². The minimum atomic E-state index is -0.800. The van der Waals surface area contributed by atoms with Gasteiger partial charge in [-0.05, 0) is 41.1 Å². The molecule has 0 saturated heterocycles. The van der Waals surface area contributed by atoms with Crippen LogP contribution in [0.4, 0.5) is 4.39 Å². The number of fused-ring (bicyclic) bond motifs is 1. The molecule has 0 fully saturated rings. The zero-order valence-corrected chi connectivity index (χ0v) is 13.1. The minimum absolute atomic E-state index is 0.274. The first-order chi connectivity index (χ1) is 10.1. The summed E-state index contributed by atoms with van der Waals surface area (Å²) in [6.07, 6.45) is -0.800. The topological polar surface area (TPSA) is 20.2 Å². The predicted molar refractivity (Wildman–Crippen MR) is 86.8 cm³/mol. The lowest BCUT2D eigenvalue weighted by Gasteiger charge is -2.16. The number of benzene rings is 3. The van der Waals surface area contributed by atoms with Gasteiger partial charge in [-0.1, -0.05) is 58.4 Å². The lowest BCUT2D eigenvalue weighted by Crippen LogP contribution is -2.02. The third kappa shape index (κ3) is 2.59. The first-order valence-corrected chi connectivity index (χ1v) is 7.48. The quantitative estimate of drug-likeness (QED) is 0.683. The van der Waals surface area contributed by atoms with E-state index in [1.807, 2.05) is 37.3 Å². The molecule has 0 spiro atoms. The number of aryl methyl sites for hydroxylation is 1. The highest BCUT2D eigenvalue weighted by molar-refractivity contribution is 9.10. The summed E-state index contributed by atoms with van der Waals surface area (Å²) >= 11 is 3.49. The largest absolute Gasteiger partial charge is 0.384 e. The summed E-state index contributed by atoms with van der Waals surface area (Å²) < 4.78 is 14.7. The van der Waals surface area contributed by atoms with Crippen LogP contribution in [-0.4, -0.2) is 5.11 Å². The molecule has 0 amide bonds. The molecule has 1 atom stereocenters. The number of rotatable bonds is 2. The summed E-state index contributed by atoms with van der Waals surface area (Å²) in [5.41, 5.74) is 2.59. The van der Waals surface area contributed by atoms with Crippen LogP contribution >= 0.6 is 15.9 Å². The molecule has 0 heterocycles. The van der Waals surface area contributed by atoms with Crippen LogP contribution in [0, 0.1) is 12.7 Å². The predicted octanol–water partition coefficient (Wildman–Crippen LogP) is 5.13. The zero-order chi connectivity index (χ0) is 15.0. The van der Waals surface area contributed by atoms with Crippen molar-refractivity contribution in [2.45, 2.75) is 13.0 Å². The number of aliphatic hydroxyl groups excluding tert-OH is 1. The summed E-state index contributed by atoms with van der Waals surface area (Å²) in [6.45, 7) is 1.99. The highest BCUT2D eigenvalue weighted by atomic mass is 79.9. The second-order valence-corrected chi connectivity index (χ2v) is 5.96. The molecule has 0 saturated carbocycles. The van der Waals surface area contributed by atoms with Gasteiger partial charge in [0.2, 0.25) is 0 Å². The van der Waals surface area contributed by atoms with E-state index < -0.39 is 6.10 Å². The Hall–Kier alpha value is -1.71. The van der Waals surface area contributed by atoms with Crippen LogP contribution in [0.5, 0.6) is 0 Å². The lowest BCUT2D eigenvalue weighted by molar-refractivity contribution is 0.221. The monoisotopic (exact) mass is 344 g/mol. The van der Waals surface area contributed by atoms with Gasteiger partial charge in [0.05, 0.1) is 0 Å². The van der Waals surface area contributed by atoms with E-state index in [1.165, 1.54) is 6.07 Å². The average Bonchev–Trinajstić information content (AvgIpc) is 2.47. The van der Waals surface area contributed by atoms with Gasteiger partial charge in [0.1, 0.15) is 11.9 Å². The Morgan fingerprint density at radius 1 is 0.952 bits per heavy atom. The molecular formula is C18H14BrFO. The fourth-order valence-electron chi connectivity index (χ4n) is 2.55. The number of hydrogen-bond donors (Lipinski definition) is 1. The Morgan fingerprint density at radius 3 is 2.33 bits per heavy atom. The van der Waals surface area contributed by atoms with Crippen LogP contribution in [0.1, 0.15) is 22.8 Å². The fourth-order valence-corrected chi connectivity index (χ4v) is 3.26. The normalized spacial score (nSPS) is 12.6. The number of aliphatic hydroxyl groups is 1. The Balaban J connectivity index is 2.18. The van der Waals surface area contributed by atoms with Crippen LogP contribution in [0.3, 0.4) is 0 Å². The van der Waals surface area contributed by atoms with Crippen LogP contribution in [-0.2, 0) is 0 Å². The molecular weight excluding hydrogens is 331 g/mol. The average molecular weight is 345 g/mol. The highest BCUT2D eigenvalue weighted by Crippen LogP contribution is 2.33. The molecule has 3 rings (SSSR count). The van der Waals surface area contributed by atoms with Gasteiger partial charge in [-0.3, -0.25) is 0 Å². The van der Waals surface area contributed by atoms with E-state index in [1.54, 1.807) is 18.2 Å². The van der Waals surface area contributed by atoms with Crippen molar-refractivity contribution in [2.75, 3.05) is 0 Å². The molecule has 0 aliphatic carbocycles. The van der Waals surface area contributed by atoms with Gasteiger partial charge in [-0.15, -0.1) is 0 Å². The van der Waals surface area contributed by atoms with Gasteiger partial charge in [0, 0.05) is 9.86 Å². The van der Waals surface area contributed by atoms with E-state index >= 15 is 0 Å². The fraction of sp³-hybridized carbons (Fsp3) is 0.111. The molecule has 3 heteroatoms. The van der Waals surface area contributed by atoms with E-state index in [2.05, 4.69) is 15.9 Å². The molecule has 1 nitrogen and oxygen atoms in total. The van der Waals surface area contributed by atoms with Crippen LogP contribution in [0.15, 0.2) is 59.1 Å². The zero-order valence-electron chi connectivity index (χ0n) is 11.5. The molecule has 1 unspecified atom stereocenters. The summed E-state index contributed by atoms with van der Waals surface area (Å²) in [7, 11) is 0. The molecule has 0 aromatic heterocycles. The molecule has 0 aliphatic rings. The van der Waals surface area contributed by atoms with Crippen LogP contribution in [0.2, 0.25) is 0 Å². The summed E-state index contributed by atoms with van der Waals surface area (Å²) in [5, 5.41) is 12.0. The van der Waals surface area contributed by atoms with Crippen molar-refractivity contribution in [3.05, 3.63) is 81.6 Å². The van der Waals surface area contributed by atoms with Crippen molar-refractivity contribution >= 4 is 26.7 Å². The summed E-state index contributed by atoms with van der Waals surface area (Å²) in [6, 6.07) is 16.1. The van der Waals surface area contributed by atoms with E-state index in [4.69, 9.17) is 0 Å². The van der Waals surface area contributed by atoms with Crippen LogP contribution < -0.4 is 0 Å². The van der Waals surface area contributed by atoms with Gasteiger partial charge in [-0.2, -0.15) is 0 Å². The molecule has 0 bridgehead atoms. The van der Waals surface area contributed by atoms with Crippen molar-refractivity contribution in [3.63, 3.8) is 0 Å². The maximum absolute atomic E-state index is 13.9. The maximum atomic E-state index is 13.9. The second-order valence-electron chi connectivity index (χ2n) is 5.11. The smallest absolute Gasteiger partial charge is 0.131 e. The Labute approximate surface area is 131 Å². The van der Waals surface area contributed by atoms with Crippen molar-refractivity contribution in [2.24, 2.45) is 0 Å². The van der Waals surface area contributed by atoms with E-state index in [-0.39, 0.29) is 5.82 Å². The first kappa shape index (κ1) is 14.2. The number of halogens is 2. The van der Waals surface area contributed by atoms with Gasteiger partial charge in [0.15, 0.2) is 0 Å². The van der Waals surface area contributed by atoms with Gasteiger partial charge < -0.3 is 5.11 Å². The molecule has 0 radical (unpaired) electrons. The van der Waals surface area contributed by atoms with E-state index in [0.717, 1.165) is 21.0 Å². The summed E-state index contributed by atoms with van der Waals surface area (Å²) in [5.74, 6) is -0.274. The minimum Gasteiger partial charge on any atom is -0.384 e. The van der Waals surface area contributed by atoms with Gasteiger partial charge in [-0.25, -0.2) is 4.39 Å². The molecule has 21 heavy (non-hydrogen) atoms. The highest BCUT2D eigenvalue weighted by Gasteiger charge is 2.17. The second kappa shape index (κ2) is 5.58. The molecule has 0 aliphatic heterocycles. The number of hydrogen-bond acceptors (Lipinski definition) is 1. The van der Waals surface area contributed by atoms with Gasteiger partial charge in [0.25, 0.3) is 0 Å². The van der Waals surface area contributed by atoms with Crippen molar-refractivity contribution in [1.29, 1.82) is 0 Å². The summed E-state index contributed by atoms with van der Waals surface area (Å²) in [4.78, 5) is 0. The van der Waals surface area contributed by atoms with Crippen LogP contribution in [0.25, 0.3) is 10.8 Å². The molecule has 1 N–H and O–H groups in total. The molecule has 106 valence electrons.